The molecule has 1 aliphatic rings. The quantitative estimate of drug-likeness (QED) is 0.476. The second kappa shape index (κ2) is 7.94. The molecule has 0 fully saturated rings. The standard InChI is InChI=1S/C14H16F9N3O3S/c1-7-5-4-6-8(12(15,16)17)9(7)30(28,29)26(3)25-10(27)24-11(2,13(18,19)20)14(21,22)23/h6H,4-5H2,1-3H3,(H2,24,25,27). The fourth-order valence-electron chi connectivity index (χ4n) is 2.37. The van der Waals surface area contributed by atoms with E-state index in [2.05, 4.69) is 0 Å². The summed E-state index contributed by atoms with van der Waals surface area (Å²) in [6, 6.07) is -2.26. The summed E-state index contributed by atoms with van der Waals surface area (Å²) in [6.45, 7) is 0.656. The van der Waals surface area contributed by atoms with Crippen LogP contribution in [0.3, 0.4) is 0 Å². The molecule has 1 aliphatic carbocycles. The summed E-state index contributed by atoms with van der Waals surface area (Å²) in [5, 5.41) is 0.573. The van der Waals surface area contributed by atoms with Gasteiger partial charge in [0.05, 0.1) is 10.5 Å². The molecule has 0 radical (unpaired) electrons. The van der Waals surface area contributed by atoms with Crippen LogP contribution in [-0.2, 0) is 10.0 Å². The van der Waals surface area contributed by atoms with Gasteiger partial charge >= 0.3 is 24.6 Å². The maximum absolute atomic E-state index is 13.2. The Hall–Kier alpha value is -1.97. The van der Waals surface area contributed by atoms with Crippen molar-refractivity contribution in [1.82, 2.24) is 15.2 Å². The third kappa shape index (κ3) is 5.01. The van der Waals surface area contributed by atoms with E-state index in [0.29, 0.717) is 18.4 Å². The van der Waals surface area contributed by atoms with Crippen molar-refractivity contribution < 1.29 is 52.7 Å². The molecule has 1 rings (SSSR count). The largest absolute Gasteiger partial charge is 0.420 e. The van der Waals surface area contributed by atoms with Gasteiger partial charge in [0.25, 0.3) is 10.0 Å². The minimum Gasteiger partial charge on any atom is -0.315 e. The van der Waals surface area contributed by atoms with Gasteiger partial charge < -0.3 is 5.32 Å². The Balaban J connectivity index is 3.21. The number of allylic oxidation sites excluding steroid dienone is 3. The van der Waals surface area contributed by atoms with E-state index in [1.807, 2.05) is 0 Å². The SMILES string of the molecule is CC1=C(S(=O)(=O)N(C)NC(=O)NC(C)(C(F)(F)F)C(F)(F)F)C(C(F)(F)F)=CCC1. The van der Waals surface area contributed by atoms with Crippen LogP contribution in [0.1, 0.15) is 26.7 Å². The fraction of sp³-hybridized carbons (Fsp3) is 0.643. The van der Waals surface area contributed by atoms with Crippen molar-refractivity contribution in [2.75, 3.05) is 7.05 Å². The van der Waals surface area contributed by atoms with Crippen LogP contribution in [0.15, 0.2) is 22.1 Å². The van der Waals surface area contributed by atoms with Crippen molar-refractivity contribution >= 4 is 16.1 Å². The Bertz CT molecular complexity index is 841. The number of urea groups is 1. The van der Waals surface area contributed by atoms with E-state index < -0.39 is 57.5 Å². The van der Waals surface area contributed by atoms with E-state index in [-0.39, 0.29) is 22.8 Å². The van der Waals surface area contributed by atoms with Gasteiger partial charge in [0.2, 0.25) is 5.54 Å². The van der Waals surface area contributed by atoms with Crippen molar-refractivity contribution in [3.05, 3.63) is 22.1 Å². The summed E-state index contributed by atoms with van der Waals surface area (Å²) in [5.41, 5.74) is -5.40. The highest BCUT2D eigenvalue weighted by Gasteiger charge is 2.68. The number of halogens is 9. The second-order valence-electron chi connectivity index (χ2n) is 6.42. The van der Waals surface area contributed by atoms with E-state index in [4.69, 9.17) is 0 Å². The van der Waals surface area contributed by atoms with Crippen LogP contribution in [0.25, 0.3) is 0 Å². The van der Waals surface area contributed by atoms with Gasteiger partial charge in [-0.25, -0.2) is 13.2 Å². The van der Waals surface area contributed by atoms with E-state index in [1.54, 1.807) is 0 Å². The average Bonchev–Trinajstić information content (AvgIpc) is 2.50. The molecule has 174 valence electrons. The number of amides is 2. The lowest BCUT2D eigenvalue weighted by molar-refractivity contribution is -0.297. The van der Waals surface area contributed by atoms with Crippen molar-refractivity contribution in [3.63, 3.8) is 0 Å². The number of hydrazine groups is 1. The zero-order valence-electron chi connectivity index (χ0n) is 15.5. The first-order valence-electron chi connectivity index (χ1n) is 7.85. The first-order valence-corrected chi connectivity index (χ1v) is 9.29. The van der Waals surface area contributed by atoms with Gasteiger partial charge in [-0.1, -0.05) is 11.6 Å². The summed E-state index contributed by atoms with van der Waals surface area (Å²) >= 11 is 0. The summed E-state index contributed by atoms with van der Waals surface area (Å²) < 4.78 is 141. The highest BCUT2D eigenvalue weighted by atomic mass is 32.2. The number of nitrogens with zero attached hydrogens (tertiary/aromatic N) is 1. The number of hydrogen-bond donors (Lipinski definition) is 2. The first kappa shape index (κ1) is 26.1. The summed E-state index contributed by atoms with van der Waals surface area (Å²) in [7, 11) is -4.72. The molecule has 2 amide bonds. The molecule has 0 aromatic rings. The third-order valence-corrected chi connectivity index (χ3v) is 6.08. The van der Waals surface area contributed by atoms with Crippen molar-refractivity contribution in [1.29, 1.82) is 0 Å². The normalized spacial score (nSPS) is 17.2. The molecule has 0 aliphatic heterocycles. The van der Waals surface area contributed by atoms with Crippen molar-refractivity contribution in [2.24, 2.45) is 0 Å². The minimum absolute atomic E-state index is 0.103. The third-order valence-electron chi connectivity index (χ3n) is 4.18. The van der Waals surface area contributed by atoms with Crippen molar-refractivity contribution in [2.45, 2.75) is 50.8 Å². The van der Waals surface area contributed by atoms with Gasteiger partial charge in [-0.2, -0.15) is 39.5 Å². The minimum atomic E-state index is -6.02. The van der Waals surface area contributed by atoms with Crippen LogP contribution in [0.2, 0.25) is 0 Å². The van der Waals surface area contributed by atoms with Crippen LogP contribution < -0.4 is 10.7 Å². The predicted molar refractivity (Wildman–Crippen MR) is 84.9 cm³/mol. The molecular weight excluding hydrogens is 461 g/mol. The molecule has 0 saturated carbocycles. The monoisotopic (exact) mass is 477 g/mol. The number of rotatable bonds is 4. The lowest BCUT2D eigenvalue weighted by Crippen LogP contribution is -2.68. The zero-order valence-corrected chi connectivity index (χ0v) is 16.3. The summed E-state index contributed by atoms with van der Waals surface area (Å²) in [4.78, 5) is 10.4. The van der Waals surface area contributed by atoms with Crippen LogP contribution in [0.5, 0.6) is 0 Å². The van der Waals surface area contributed by atoms with Crippen molar-refractivity contribution in [3.8, 4) is 0 Å². The van der Waals surface area contributed by atoms with Gasteiger partial charge in [0.1, 0.15) is 0 Å². The van der Waals surface area contributed by atoms with E-state index in [0.717, 1.165) is 6.92 Å². The predicted octanol–water partition coefficient (Wildman–Crippen LogP) is 3.90. The summed E-state index contributed by atoms with van der Waals surface area (Å²) in [6.07, 6.45) is -16.8. The molecule has 6 nitrogen and oxygen atoms in total. The molecule has 0 bridgehead atoms. The van der Waals surface area contributed by atoms with Gasteiger partial charge in [-0.3, -0.25) is 5.43 Å². The summed E-state index contributed by atoms with van der Waals surface area (Å²) in [5.74, 6) is 0. The number of carbonyl (C=O) groups excluding carboxylic acids is 1. The highest BCUT2D eigenvalue weighted by Crippen LogP contribution is 2.43. The number of nitrogens with one attached hydrogen (secondary N) is 2. The van der Waals surface area contributed by atoms with Crippen LogP contribution in [0, 0.1) is 0 Å². The zero-order chi connectivity index (χ0) is 23.9. The lowest BCUT2D eigenvalue weighted by atomic mass is 10.00. The molecule has 0 atom stereocenters. The van der Waals surface area contributed by atoms with Gasteiger partial charge in [-0.05, 0) is 26.7 Å². The Labute approximate surface area is 164 Å². The fourth-order valence-corrected chi connectivity index (χ4v) is 3.87. The Morgan fingerprint density at radius 3 is 1.90 bits per heavy atom. The topological polar surface area (TPSA) is 78.5 Å². The Morgan fingerprint density at radius 2 is 1.50 bits per heavy atom. The molecule has 0 spiro atoms. The van der Waals surface area contributed by atoms with Gasteiger partial charge in [-0.15, -0.1) is 4.41 Å². The van der Waals surface area contributed by atoms with Crippen LogP contribution >= 0.6 is 0 Å². The second-order valence-corrected chi connectivity index (χ2v) is 8.33. The molecule has 16 heteroatoms. The molecule has 0 aromatic heterocycles. The first-order chi connectivity index (χ1) is 13.2. The van der Waals surface area contributed by atoms with Gasteiger partial charge in [0.15, 0.2) is 0 Å². The molecule has 0 aromatic carbocycles. The maximum Gasteiger partial charge on any atom is 0.420 e. The lowest BCUT2D eigenvalue weighted by Gasteiger charge is -2.35. The van der Waals surface area contributed by atoms with E-state index in [1.165, 1.54) is 5.43 Å². The van der Waals surface area contributed by atoms with Crippen LogP contribution in [0.4, 0.5) is 44.3 Å². The smallest absolute Gasteiger partial charge is 0.315 e. The Morgan fingerprint density at radius 1 is 1.03 bits per heavy atom. The molecule has 0 heterocycles. The van der Waals surface area contributed by atoms with Gasteiger partial charge in [0, 0.05) is 7.05 Å². The molecule has 0 saturated heterocycles. The molecule has 2 N–H and O–H groups in total. The molecule has 0 unspecified atom stereocenters. The number of alkyl halides is 9. The molecule has 30 heavy (non-hydrogen) atoms. The highest BCUT2D eigenvalue weighted by molar-refractivity contribution is 7.93. The number of hydrogen-bond acceptors (Lipinski definition) is 3. The maximum atomic E-state index is 13.2. The van der Waals surface area contributed by atoms with E-state index >= 15 is 0 Å². The Kier molecular flexibility index (Phi) is 6.90. The molecular formula is C14H16F9N3O3S. The average molecular weight is 477 g/mol. The number of sulfonamides is 1. The van der Waals surface area contributed by atoms with Crippen LogP contribution in [-0.4, -0.2) is 50.0 Å². The number of carbonyl (C=O) groups is 1. The van der Waals surface area contributed by atoms with E-state index in [9.17, 15) is 52.7 Å².